The minimum absolute atomic E-state index is 0.0376. The van der Waals surface area contributed by atoms with E-state index >= 15 is 0 Å². The van der Waals surface area contributed by atoms with Gasteiger partial charge < -0.3 is 10.6 Å². The van der Waals surface area contributed by atoms with Gasteiger partial charge in [-0.25, -0.2) is 0 Å². The van der Waals surface area contributed by atoms with Crippen LogP contribution in [0.1, 0.15) is 28.7 Å². The first-order valence-electron chi connectivity index (χ1n) is 8.66. The van der Waals surface area contributed by atoms with E-state index in [2.05, 4.69) is 10.6 Å². The van der Waals surface area contributed by atoms with Crippen LogP contribution in [0.25, 0.3) is 0 Å². The van der Waals surface area contributed by atoms with Crippen molar-refractivity contribution >= 4 is 17.5 Å². The number of benzene rings is 2. The number of carbonyl (C=O) groups is 2. The van der Waals surface area contributed by atoms with Gasteiger partial charge in [0.25, 0.3) is 0 Å². The van der Waals surface area contributed by atoms with Gasteiger partial charge in [-0.3, -0.25) is 9.59 Å². The quantitative estimate of drug-likeness (QED) is 0.878. The van der Waals surface area contributed by atoms with Crippen molar-refractivity contribution in [2.75, 3.05) is 5.32 Å². The Kier molecular flexibility index (Phi) is 4.88. The molecule has 1 saturated carbocycles. The zero-order valence-corrected chi connectivity index (χ0v) is 14.9. The van der Waals surface area contributed by atoms with Crippen LogP contribution in [0.4, 0.5) is 5.69 Å². The maximum Gasteiger partial charge on any atom is 0.228 e. The molecule has 4 nitrogen and oxygen atoms in total. The van der Waals surface area contributed by atoms with E-state index in [-0.39, 0.29) is 23.7 Å². The molecule has 2 N–H and O–H groups in total. The summed E-state index contributed by atoms with van der Waals surface area (Å²) < 4.78 is 0. The van der Waals surface area contributed by atoms with Gasteiger partial charge >= 0.3 is 0 Å². The third-order valence-corrected chi connectivity index (χ3v) is 4.83. The van der Waals surface area contributed by atoms with E-state index in [1.165, 1.54) is 0 Å². The van der Waals surface area contributed by atoms with Gasteiger partial charge in [-0.2, -0.15) is 0 Å². The van der Waals surface area contributed by atoms with Crippen LogP contribution in [0.2, 0.25) is 0 Å². The molecule has 4 heteroatoms. The molecule has 2 atom stereocenters. The van der Waals surface area contributed by atoms with Gasteiger partial charge in [-0.05, 0) is 55.5 Å². The van der Waals surface area contributed by atoms with Crippen molar-refractivity contribution in [1.82, 2.24) is 5.32 Å². The predicted octanol–water partition coefficient (Wildman–Crippen LogP) is 3.50. The zero-order valence-electron chi connectivity index (χ0n) is 14.9. The summed E-state index contributed by atoms with van der Waals surface area (Å²) in [5.41, 5.74) is 5.22. The van der Waals surface area contributed by atoms with Gasteiger partial charge in [0, 0.05) is 12.2 Å². The number of carbonyl (C=O) groups excluding carboxylic acids is 2. The van der Waals surface area contributed by atoms with Crippen molar-refractivity contribution in [2.45, 2.75) is 33.7 Å². The lowest BCUT2D eigenvalue weighted by Crippen LogP contribution is -2.27. The molecule has 1 aliphatic carbocycles. The lowest BCUT2D eigenvalue weighted by Gasteiger charge is -2.10. The molecule has 130 valence electrons. The molecule has 2 amide bonds. The van der Waals surface area contributed by atoms with Crippen LogP contribution in [0.5, 0.6) is 0 Å². The smallest absolute Gasteiger partial charge is 0.228 e. The standard InChI is InChI=1S/C21H24N2O2/c1-13-8-9-15(3)19(10-13)23-21(25)18-11-17(18)20(24)22-12-16-7-5-4-6-14(16)2/h4-10,17-18H,11-12H2,1-3H3,(H,22,24)(H,23,25). The number of aryl methyl sites for hydroxylation is 3. The molecule has 1 aliphatic rings. The average molecular weight is 336 g/mol. The molecule has 0 aliphatic heterocycles. The fraction of sp³-hybridized carbons (Fsp3) is 0.333. The molecule has 0 heterocycles. The Morgan fingerprint density at radius 2 is 1.68 bits per heavy atom. The van der Waals surface area contributed by atoms with Crippen LogP contribution in [-0.4, -0.2) is 11.8 Å². The summed E-state index contributed by atoms with van der Waals surface area (Å²) in [6.07, 6.45) is 0.621. The van der Waals surface area contributed by atoms with E-state index in [1.54, 1.807) is 0 Å². The van der Waals surface area contributed by atoms with Gasteiger partial charge in [-0.15, -0.1) is 0 Å². The summed E-state index contributed by atoms with van der Waals surface area (Å²) in [6.45, 7) is 6.49. The molecule has 0 saturated heterocycles. The Morgan fingerprint density at radius 1 is 0.960 bits per heavy atom. The summed E-state index contributed by atoms with van der Waals surface area (Å²) in [7, 11) is 0. The van der Waals surface area contributed by atoms with E-state index in [9.17, 15) is 9.59 Å². The number of anilines is 1. The van der Waals surface area contributed by atoms with E-state index in [0.717, 1.165) is 27.9 Å². The fourth-order valence-electron chi connectivity index (χ4n) is 2.99. The molecule has 0 aromatic heterocycles. The molecule has 25 heavy (non-hydrogen) atoms. The van der Waals surface area contributed by atoms with Crippen LogP contribution in [0, 0.1) is 32.6 Å². The van der Waals surface area contributed by atoms with E-state index in [4.69, 9.17) is 0 Å². The third kappa shape index (κ3) is 4.08. The Morgan fingerprint density at radius 3 is 2.44 bits per heavy atom. The first-order valence-corrected chi connectivity index (χ1v) is 8.66. The molecular formula is C21H24N2O2. The van der Waals surface area contributed by atoms with Crippen molar-refractivity contribution in [2.24, 2.45) is 11.8 Å². The number of hydrogen-bond donors (Lipinski definition) is 2. The minimum atomic E-state index is -0.225. The highest BCUT2D eigenvalue weighted by Gasteiger charge is 2.47. The van der Waals surface area contributed by atoms with Crippen molar-refractivity contribution in [3.63, 3.8) is 0 Å². The summed E-state index contributed by atoms with van der Waals surface area (Å²) in [5.74, 6) is -0.542. The first kappa shape index (κ1) is 17.2. The van der Waals surface area contributed by atoms with Crippen LogP contribution < -0.4 is 10.6 Å². The molecule has 0 spiro atoms. The lowest BCUT2D eigenvalue weighted by molar-refractivity contribution is -0.125. The van der Waals surface area contributed by atoms with Crippen LogP contribution in [-0.2, 0) is 16.1 Å². The van der Waals surface area contributed by atoms with Gasteiger partial charge in [0.1, 0.15) is 0 Å². The van der Waals surface area contributed by atoms with Gasteiger partial charge in [-0.1, -0.05) is 36.4 Å². The highest BCUT2D eigenvalue weighted by Crippen LogP contribution is 2.39. The van der Waals surface area contributed by atoms with E-state index < -0.39 is 0 Å². The van der Waals surface area contributed by atoms with Gasteiger partial charge in [0.2, 0.25) is 11.8 Å². The normalized spacial score (nSPS) is 18.5. The van der Waals surface area contributed by atoms with Gasteiger partial charge in [0.05, 0.1) is 11.8 Å². The molecule has 0 bridgehead atoms. The Hall–Kier alpha value is -2.62. The van der Waals surface area contributed by atoms with E-state index in [1.807, 2.05) is 63.2 Å². The summed E-state index contributed by atoms with van der Waals surface area (Å²) in [4.78, 5) is 24.7. The summed E-state index contributed by atoms with van der Waals surface area (Å²) in [6, 6.07) is 13.9. The number of amides is 2. The topological polar surface area (TPSA) is 58.2 Å². The predicted molar refractivity (Wildman–Crippen MR) is 99.2 cm³/mol. The molecule has 0 radical (unpaired) electrons. The second-order valence-corrected chi connectivity index (χ2v) is 6.90. The highest BCUT2D eigenvalue weighted by molar-refractivity contribution is 5.99. The van der Waals surface area contributed by atoms with Crippen molar-refractivity contribution < 1.29 is 9.59 Å². The SMILES string of the molecule is Cc1ccc(C)c(NC(=O)C2CC2C(=O)NCc2ccccc2C)c1. The van der Waals surface area contributed by atoms with E-state index in [0.29, 0.717) is 13.0 Å². The Bertz CT molecular complexity index is 813. The first-order chi connectivity index (χ1) is 12.0. The highest BCUT2D eigenvalue weighted by atomic mass is 16.2. The van der Waals surface area contributed by atoms with Crippen molar-refractivity contribution in [3.05, 3.63) is 64.7 Å². The van der Waals surface area contributed by atoms with Crippen LogP contribution in [0.15, 0.2) is 42.5 Å². The Balaban J connectivity index is 1.53. The summed E-state index contributed by atoms with van der Waals surface area (Å²) in [5, 5.41) is 5.91. The lowest BCUT2D eigenvalue weighted by atomic mass is 10.1. The minimum Gasteiger partial charge on any atom is -0.352 e. The number of hydrogen-bond acceptors (Lipinski definition) is 2. The zero-order chi connectivity index (χ0) is 18.0. The molecular weight excluding hydrogens is 312 g/mol. The monoisotopic (exact) mass is 336 g/mol. The molecule has 2 unspecified atom stereocenters. The molecule has 2 aromatic rings. The molecule has 2 aromatic carbocycles. The second kappa shape index (κ2) is 7.09. The van der Waals surface area contributed by atoms with Crippen molar-refractivity contribution in [1.29, 1.82) is 0 Å². The largest absolute Gasteiger partial charge is 0.352 e. The maximum absolute atomic E-state index is 12.4. The average Bonchev–Trinajstić information content (AvgIpc) is 3.38. The fourth-order valence-corrected chi connectivity index (χ4v) is 2.99. The second-order valence-electron chi connectivity index (χ2n) is 6.90. The number of rotatable bonds is 5. The van der Waals surface area contributed by atoms with Gasteiger partial charge in [0.15, 0.2) is 0 Å². The molecule has 3 rings (SSSR count). The summed E-state index contributed by atoms with van der Waals surface area (Å²) >= 11 is 0. The van der Waals surface area contributed by atoms with Crippen molar-refractivity contribution in [3.8, 4) is 0 Å². The Labute approximate surface area is 148 Å². The van der Waals surface area contributed by atoms with Crippen LogP contribution >= 0.6 is 0 Å². The maximum atomic E-state index is 12.4. The van der Waals surface area contributed by atoms with Crippen LogP contribution in [0.3, 0.4) is 0 Å². The molecule has 1 fully saturated rings. The number of nitrogens with one attached hydrogen (secondary N) is 2. The third-order valence-electron chi connectivity index (χ3n) is 4.83.